The lowest BCUT2D eigenvalue weighted by atomic mass is 9.87. The third kappa shape index (κ3) is 4.62. The number of nitriles is 1. The van der Waals surface area contributed by atoms with Crippen LogP contribution in [0.3, 0.4) is 0 Å². The molecule has 2 aromatic rings. The summed E-state index contributed by atoms with van der Waals surface area (Å²) < 4.78 is 5.72. The highest BCUT2D eigenvalue weighted by Crippen LogP contribution is 2.37. The van der Waals surface area contributed by atoms with E-state index in [1.54, 1.807) is 31.2 Å². The fourth-order valence-corrected chi connectivity index (χ4v) is 3.15. The number of benzene rings is 2. The van der Waals surface area contributed by atoms with Crippen LogP contribution >= 0.6 is 0 Å². The summed E-state index contributed by atoms with van der Waals surface area (Å²) in [7, 11) is 0. The van der Waals surface area contributed by atoms with Crippen LogP contribution in [0.1, 0.15) is 42.5 Å². The molecule has 0 heterocycles. The van der Waals surface area contributed by atoms with E-state index in [4.69, 9.17) is 15.1 Å². The predicted molar refractivity (Wildman–Crippen MR) is 108 cm³/mol. The Kier molecular flexibility index (Phi) is 7.02. The van der Waals surface area contributed by atoms with Gasteiger partial charge in [-0.1, -0.05) is 19.4 Å². The van der Waals surface area contributed by atoms with E-state index in [1.807, 2.05) is 25.1 Å². The minimum Gasteiger partial charge on any atom is -0.491 e. The number of aryl methyl sites for hydroxylation is 2. The van der Waals surface area contributed by atoms with Crippen molar-refractivity contribution in [1.82, 2.24) is 0 Å². The van der Waals surface area contributed by atoms with Crippen LogP contribution in [0.2, 0.25) is 0 Å². The number of anilines is 1. The van der Waals surface area contributed by atoms with Crippen molar-refractivity contribution in [2.75, 3.05) is 18.5 Å². The summed E-state index contributed by atoms with van der Waals surface area (Å²) in [6.07, 6.45) is 1.75. The number of rotatable bonds is 9. The summed E-state index contributed by atoms with van der Waals surface area (Å²) in [4.78, 5) is 12.3. The third-order valence-corrected chi connectivity index (χ3v) is 4.59. The maximum absolute atomic E-state index is 12.3. The number of hydrogen-bond acceptors (Lipinski definition) is 5. The summed E-state index contributed by atoms with van der Waals surface area (Å²) in [6.45, 7) is 5.44. The summed E-state index contributed by atoms with van der Waals surface area (Å²) >= 11 is 0. The van der Waals surface area contributed by atoms with Gasteiger partial charge >= 0.3 is 5.97 Å². The summed E-state index contributed by atoms with van der Waals surface area (Å²) in [6, 6.07) is 12.5. The van der Waals surface area contributed by atoms with Gasteiger partial charge in [0.2, 0.25) is 0 Å². The molecule has 0 saturated heterocycles. The van der Waals surface area contributed by atoms with E-state index in [2.05, 4.69) is 12.2 Å². The highest BCUT2D eigenvalue weighted by atomic mass is 16.5. The highest BCUT2D eigenvalue weighted by Gasteiger charge is 2.39. The number of carbonyl (C=O) groups is 1. The number of aliphatic hydroxyl groups excluding tert-OH is 1. The van der Waals surface area contributed by atoms with Crippen molar-refractivity contribution < 1.29 is 19.7 Å². The molecule has 148 valence electrons. The van der Waals surface area contributed by atoms with E-state index in [0.29, 0.717) is 22.6 Å². The van der Waals surface area contributed by atoms with Crippen molar-refractivity contribution >= 4 is 11.7 Å². The molecule has 0 spiro atoms. The number of nitrogens with zero attached hydrogens (tertiary/aromatic N) is 1. The molecule has 0 radical (unpaired) electrons. The van der Waals surface area contributed by atoms with Crippen LogP contribution in [-0.4, -0.2) is 29.4 Å². The molecule has 2 aromatic carbocycles. The quantitative estimate of drug-likeness (QED) is 0.612. The van der Waals surface area contributed by atoms with Gasteiger partial charge in [0.15, 0.2) is 5.54 Å². The molecule has 28 heavy (non-hydrogen) atoms. The molecule has 0 aromatic heterocycles. The Morgan fingerprint density at radius 1 is 1.29 bits per heavy atom. The SMILES string of the molecule is CCCc1cc(C)c(OCCO)c(C(C)(Nc2ccc(C#N)cc2)C(=O)O)c1. The molecule has 6 nitrogen and oxygen atoms in total. The van der Waals surface area contributed by atoms with Gasteiger partial charge in [0, 0.05) is 11.3 Å². The maximum Gasteiger partial charge on any atom is 0.333 e. The monoisotopic (exact) mass is 382 g/mol. The number of carboxylic acids is 1. The second-order valence-electron chi connectivity index (χ2n) is 6.86. The molecular weight excluding hydrogens is 356 g/mol. The minimum atomic E-state index is -1.46. The molecular formula is C22H26N2O4. The zero-order valence-corrected chi connectivity index (χ0v) is 16.5. The number of aliphatic carboxylic acids is 1. The second-order valence-corrected chi connectivity index (χ2v) is 6.86. The van der Waals surface area contributed by atoms with Crippen LogP contribution in [0.4, 0.5) is 5.69 Å². The molecule has 0 fully saturated rings. The van der Waals surface area contributed by atoms with Crippen molar-refractivity contribution in [3.05, 3.63) is 58.7 Å². The van der Waals surface area contributed by atoms with Crippen LogP contribution in [0.25, 0.3) is 0 Å². The second kappa shape index (κ2) is 9.25. The lowest BCUT2D eigenvalue weighted by molar-refractivity contribution is -0.142. The van der Waals surface area contributed by atoms with Crippen LogP contribution in [-0.2, 0) is 16.8 Å². The third-order valence-electron chi connectivity index (χ3n) is 4.59. The average molecular weight is 382 g/mol. The molecule has 2 rings (SSSR count). The van der Waals surface area contributed by atoms with E-state index in [9.17, 15) is 9.90 Å². The molecule has 0 aliphatic rings. The first kappa shape index (κ1) is 21.3. The standard InChI is InChI=1S/C22H26N2O4/c1-4-5-17-12-15(2)20(28-11-10-25)19(13-17)22(3,21(26)27)24-18-8-6-16(14-23)7-9-18/h6-9,12-13,24-25H,4-5,10-11H2,1-3H3,(H,26,27). The molecule has 0 saturated carbocycles. The number of hydrogen-bond donors (Lipinski definition) is 3. The number of nitrogens with one attached hydrogen (secondary N) is 1. The summed E-state index contributed by atoms with van der Waals surface area (Å²) in [5.41, 5.74) is 1.96. The fraction of sp³-hybridized carbons (Fsp3) is 0.364. The Bertz CT molecular complexity index is 871. The fourth-order valence-electron chi connectivity index (χ4n) is 3.15. The summed E-state index contributed by atoms with van der Waals surface area (Å²) in [5, 5.41) is 31.3. The summed E-state index contributed by atoms with van der Waals surface area (Å²) in [5.74, 6) is -0.598. The first-order chi connectivity index (χ1) is 13.3. The van der Waals surface area contributed by atoms with Gasteiger partial charge in [-0.05, 0) is 61.7 Å². The molecule has 0 amide bonds. The molecule has 0 aliphatic carbocycles. The number of carboxylic acid groups (broad SMARTS) is 1. The van der Waals surface area contributed by atoms with Gasteiger partial charge in [-0.15, -0.1) is 0 Å². The smallest absolute Gasteiger partial charge is 0.333 e. The molecule has 1 unspecified atom stereocenters. The van der Waals surface area contributed by atoms with Gasteiger partial charge in [0.1, 0.15) is 12.4 Å². The largest absolute Gasteiger partial charge is 0.491 e. The van der Waals surface area contributed by atoms with Gasteiger partial charge in [0.25, 0.3) is 0 Å². The maximum atomic E-state index is 12.3. The van der Waals surface area contributed by atoms with Crippen molar-refractivity contribution in [1.29, 1.82) is 5.26 Å². The zero-order chi connectivity index (χ0) is 20.7. The minimum absolute atomic E-state index is 0.0769. The van der Waals surface area contributed by atoms with Crippen LogP contribution in [0.5, 0.6) is 5.75 Å². The Morgan fingerprint density at radius 3 is 2.50 bits per heavy atom. The first-order valence-corrected chi connectivity index (χ1v) is 9.25. The average Bonchev–Trinajstić information content (AvgIpc) is 2.67. The topological polar surface area (TPSA) is 103 Å². The number of ether oxygens (including phenoxy) is 1. The molecule has 0 aliphatic heterocycles. The van der Waals surface area contributed by atoms with Crippen LogP contribution in [0.15, 0.2) is 36.4 Å². The predicted octanol–water partition coefficient (Wildman–Crippen LogP) is 3.60. The van der Waals surface area contributed by atoms with Crippen LogP contribution < -0.4 is 10.1 Å². The Labute approximate surface area is 165 Å². The molecule has 1 atom stereocenters. The lowest BCUT2D eigenvalue weighted by Gasteiger charge is -2.31. The molecule has 0 bridgehead atoms. The first-order valence-electron chi connectivity index (χ1n) is 9.25. The molecule has 3 N–H and O–H groups in total. The van der Waals surface area contributed by atoms with Gasteiger partial charge in [-0.3, -0.25) is 0 Å². The van der Waals surface area contributed by atoms with E-state index in [-0.39, 0.29) is 13.2 Å². The highest BCUT2D eigenvalue weighted by molar-refractivity contribution is 5.85. The van der Waals surface area contributed by atoms with Gasteiger partial charge in [0.05, 0.1) is 18.2 Å². The molecule has 6 heteroatoms. The zero-order valence-electron chi connectivity index (χ0n) is 16.5. The van der Waals surface area contributed by atoms with Crippen LogP contribution in [0, 0.1) is 18.3 Å². The van der Waals surface area contributed by atoms with E-state index >= 15 is 0 Å². The Morgan fingerprint density at radius 2 is 1.96 bits per heavy atom. The van der Waals surface area contributed by atoms with Crippen molar-refractivity contribution in [3.63, 3.8) is 0 Å². The Hall–Kier alpha value is -3.04. The number of aliphatic hydroxyl groups is 1. The van der Waals surface area contributed by atoms with Gasteiger partial charge < -0.3 is 20.3 Å². The van der Waals surface area contributed by atoms with E-state index in [1.165, 1.54) is 0 Å². The lowest BCUT2D eigenvalue weighted by Crippen LogP contribution is -2.41. The van der Waals surface area contributed by atoms with Crippen molar-refractivity contribution in [2.24, 2.45) is 0 Å². The van der Waals surface area contributed by atoms with Crippen molar-refractivity contribution in [2.45, 2.75) is 39.2 Å². The van der Waals surface area contributed by atoms with E-state index in [0.717, 1.165) is 24.0 Å². The van der Waals surface area contributed by atoms with Gasteiger partial charge in [-0.2, -0.15) is 5.26 Å². The Balaban J connectivity index is 2.57. The van der Waals surface area contributed by atoms with Gasteiger partial charge in [-0.25, -0.2) is 4.79 Å². The normalized spacial score (nSPS) is 12.7. The van der Waals surface area contributed by atoms with E-state index < -0.39 is 11.5 Å². The van der Waals surface area contributed by atoms with Crippen molar-refractivity contribution in [3.8, 4) is 11.8 Å².